The summed E-state index contributed by atoms with van der Waals surface area (Å²) in [5, 5.41) is 13.9. The second kappa shape index (κ2) is 8.23. The highest BCUT2D eigenvalue weighted by Crippen LogP contribution is 2.32. The van der Waals surface area contributed by atoms with Gasteiger partial charge in [-0.05, 0) is 35.6 Å². The summed E-state index contributed by atoms with van der Waals surface area (Å²) in [6.45, 7) is 3.19. The minimum Gasteiger partial charge on any atom is -0.454 e. The largest absolute Gasteiger partial charge is 0.454 e. The molecule has 1 amide bonds. The molecule has 0 aliphatic carbocycles. The van der Waals surface area contributed by atoms with Crippen LogP contribution in [0, 0.1) is 0 Å². The Balaban J connectivity index is 1.32. The predicted molar refractivity (Wildman–Crippen MR) is 118 cm³/mol. The van der Waals surface area contributed by atoms with Crippen LogP contribution in [-0.2, 0) is 17.9 Å². The van der Waals surface area contributed by atoms with Crippen LogP contribution in [0.2, 0.25) is 0 Å². The molecule has 0 saturated heterocycles. The number of hydrogen-bond acceptors (Lipinski definition) is 8. The number of hydrogen-bond donors (Lipinski definition) is 1. The molecule has 0 fully saturated rings. The van der Waals surface area contributed by atoms with E-state index in [1.54, 1.807) is 4.57 Å². The smallest absolute Gasteiger partial charge is 0.272 e. The highest BCUT2D eigenvalue weighted by Gasteiger charge is 2.18. The van der Waals surface area contributed by atoms with Gasteiger partial charge in [-0.3, -0.25) is 18.6 Å². The van der Waals surface area contributed by atoms with Crippen molar-refractivity contribution in [1.82, 2.24) is 24.5 Å². The Morgan fingerprint density at radius 1 is 1.26 bits per heavy atom. The molecule has 11 heteroatoms. The molecule has 0 bridgehead atoms. The Labute approximate surface area is 185 Å². The van der Waals surface area contributed by atoms with Crippen molar-refractivity contribution in [3.8, 4) is 11.5 Å². The molecule has 0 spiro atoms. The summed E-state index contributed by atoms with van der Waals surface area (Å²) in [4.78, 5) is 25.2. The zero-order valence-corrected chi connectivity index (χ0v) is 18.3. The molecule has 1 aliphatic heterocycles. The van der Waals surface area contributed by atoms with Gasteiger partial charge in [-0.25, -0.2) is 0 Å². The highest BCUT2D eigenvalue weighted by atomic mass is 32.2. The number of benzene rings is 1. The number of nitrogens with one attached hydrogen (secondary N) is 1. The fourth-order valence-electron chi connectivity index (χ4n) is 3.45. The lowest BCUT2D eigenvalue weighted by atomic mass is 10.2. The molecule has 1 aliphatic rings. The zero-order valence-electron chi connectivity index (χ0n) is 16.7. The van der Waals surface area contributed by atoms with Crippen molar-refractivity contribution in [3.63, 3.8) is 0 Å². The van der Waals surface area contributed by atoms with Crippen LogP contribution in [0.3, 0.4) is 0 Å². The van der Waals surface area contributed by atoms with Gasteiger partial charge in [-0.2, -0.15) is 0 Å². The van der Waals surface area contributed by atoms with Crippen LogP contribution in [0.15, 0.2) is 39.6 Å². The maximum Gasteiger partial charge on any atom is 0.272 e. The van der Waals surface area contributed by atoms with Gasteiger partial charge in [0.05, 0.1) is 11.3 Å². The van der Waals surface area contributed by atoms with E-state index < -0.39 is 0 Å². The minimum atomic E-state index is -0.122. The summed E-state index contributed by atoms with van der Waals surface area (Å²) in [5.41, 5.74) is 1.65. The molecule has 0 saturated carbocycles. The summed E-state index contributed by atoms with van der Waals surface area (Å²) in [5.74, 6) is 1.97. The zero-order chi connectivity index (χ0) is 21.4. The number of rotatable bonds is 7. The van der Waals surface area contributed by atoms with Crippen LogP contribution >= 0.6 is 23.1 Å². The molecule has 31 heavy (non-hydrogen) atoms. The van der Waals surface area contributed by atoms with E-state index in [0.29, 0.717) is 40.2 Å². The van der Waals surface area contributed by atoms with Crippen molar-refractivity contribution in [2.24, 2.45) is 0 Å². The maximum absolute atomic E-state index is 12.8. The maximum atomic E-state index is 12.8. The molecule has 160 valence electrons. The van der Waals surface area contributed by atoms with E-state index >= 15 is 0 Å². The molecule has 3 aromatic heterocycles. The number of aryl methyl sites for hydroxylation is 1. The molecular weight excluding hydrogens is 438 g/mol. The number of ether oxygens (including phenoxy) is 2. The van der Waals surface area contributed by atoms with Gasteiger partial charge in [-0.15, -0.1) is 21.5 Å². The second-order valence-electron chi connectivity index (χ2n) is 6.96. The fourth-order valence-corrected chi connectivity index (χ4v) is 5.05. The summed E-state index contributed by atoms with van der Waals surface area (Å²) >= 11 is 2.69. The van der Waals surface area contributed by atoms with Crippen LogP contribution < -0.4 is 20.3 Å². The number of fused-ring (bicyclic) bond motifs is 4. The van der Waals surface area contributed by atoms with Crippen molar-refractivity contribution in [1.29, 1.82) is 0 Å². The van der Waals surface area contributed by atoms with Gasteiger partial charge >= 0.3 is 0 Å². The molecule has 4 aromatic rings. The van der Waals surface area contributed by atoms with Gasteiger partial charge in [0.2, 0.25) is 18.5 Å². The monoisotopic (exact) mass is 457 g/mol. The van der Waals surface area contributed by atoms with E-state index in [4.69, 9.17) is 9.47 Å². The highest BCUT2D eigenvalue weighted by molar-refractivity contribution is 7.99. The summed E-state index contributed by atoms with van der Waals surface area (Å²) in [7, 11) is 0. The van der Waals surface area contributed by atoms with Gasteiger partial charge in [0.1, 0.15) is 4.70 Å². The lowest BCUT2D eigenvalue weighted by molar-refractivity contribution is -0.118. The van der Waals surface area contributed by atoms with E-state index in [-0.39, 0.29) is 24.0 Å². The Morgan fingerprint density at radius 2 is 2.13 bits per heavy atom. The Hall–Kier alpha value is -3.05. The molecule has 0 radical (unpaired) electrons. The van der Waals surface area contributed by atoms with E-state index in [9.17, 15) is 9.59 Å². The minimum absolute atomic E-state index is 0.0511. The number of thioether (sulfide) groups is 1. The number of amides is 1. The lowest BCUT2D eigenvalue weighted by Crippen LogP contribution is -2.24. The van der Waals surface area contributed by atoms with Crippen molar-refractivity contribution in [3.05, 3.63) is 45.6 Å². The van der Waals surface area contributed by atoms with Crippen LogP contribution in [0.5, 0.6) is 11.5 Å². The number of nitrogens with zero attached hydrogens (tertiary/aromatic N) is 4. The fraction of sp³-hybridized carbons (Fsp3) is 0.300. The number of carbonyl (C=O) groups excluding carboxylic acids is 1. The van der Waals surface area contributed by atoms with Crippen LogP contribution in [0.25, 0.3) is 16.0 Å². The van der Waals surface area contributed by atoms with Crippen LogP contribution in [0.1, 0.15) is 18.9 Å². The van der Waals surface area contributed by atoms with Crippen LogP contribution in [-0.4, -0.2) is 37.6 Å². The van der Waals surface area contributed by atoms with Crippen molar-refractivity contribution in [2.75, 3.05) is 12.5 Å². The first-order chi connectivity index (χ1) is 15.2. The third-order valence-electron chi connectivity index (χ3n) is 4.89. The van der Waals surface area contributed by atoms with Gasteiger partial charge in [0, 0.05) is 13.1 Å². The molecule has 0 unspecified atom stereocenters. The molecule has 0 atom stereocenters. The predicted octanol–water partition coefficient (Wildman–Crippen LogP) is 2.65. The van der Waals surface area contributed by atoms with E-state index in [0.717, 1.165) is 17.5 Å². The van der Waals surface area contributed by atoms with Gasteiger partial charge in [0.15, 0.2) is 16.7 Å². The van der Waals surface area contributed by atoms with E-state index in [1.165, 1.54) is 23.1 Å². The molecular formula is C20H19N5O4S2. The Bertz CT molecular complexity index is 1340. The normalized spacial score (nSPS) is 12.7. The van der Waals surface area contributed by atoms with Gasteiger partial charge < -0.3 is 14.8 Å². The Kier molecular flexibility index (Phi) is 5.28. The Morgan fingerprint density at radius 3 is 3.00 bits per heavy atom. The molecule has 9 nitrogen and oxygen atoms in total. The third kappa shape index (κ3) is 3.63. The molecule has 4 heterocycles. The third-order valence-corrected chi connectivity index (χ3v) is 6.71. The van der Waals surface area contributed by atoms with Gasteiger partial charge in [0.25, 0.3) is 5.56 Å². The van der Waals surface area contributed by atoms with Crippen LogP contribution in [0.4, 0.5) is 0 Å². The standard InChI is InChI=1S/C20H19N5O4S2/c1-2-6-24-18(27)17-13(5-7-30-17)25-19(24)22-23-20(25)31-10-16(26)21-9-12-3-4-14-15(8-12)29-11-28-14/h3-5,7-8H,2,6,9-11H2,1H3,(H,21,26). The topological polar surface area (TPSA) is 99.8 Å². The van der Waals surface area contributed by atoms with Gasteiger partial charge in [-0.1, -0.05) is 24.8 Å². The molecule has 5 rings (SSSR count). The number of aromatic nitrogens is 4. The SMILES string of the molecule is CCCn1c(=O)c2sccc2n2c(SCC(=O)NCc3ccc4c(c3)OCO4)nnc12. The van der Waals surface area contributed by atoms with Crippen molar-refractivity contribution < 1.29 is 14.3 Å². The van der Waals surface area contributed by atoms with Crippen molar-refractivity contribution >= 4 is 45.0 Å². The average Bonchev–Trinajstić information content (AvgIpc) is 3.52. The summed E-state index contributed by atoms with van der Waals surface area (Å²) in [6, 6.07) is 7.48. The first-order valence-corrected chi connectivity index (χ1v) is 11.7. The molecule has 1 N–H and O–H groups in total. The molecule has 1 aromatic carbocycles. The number of thiophene rings is 1. The quantitative estimate of drug-likeness (QED) is 0.426. The van der Waals surface area contributed by atoms with E-state index in [2.05, 4.69) is 15.5 Å². The first-order valence-electron chi connectivity index (χ1n) is 9.79. The van der Waals surface area contributed by atoms with E-state index in [1.807, 2.05) is 41.0 Å². The summed E-state index contributed by atoms with van der Waals surface area (Å²) in [6.07, 6.45) is 0.810. The first kappa shape index (κ1) is 19.9. The lowest BCUT2D eigenvalue weighted by Gasteiger charge is -2.08. The number of carbonyl (C=O) groups is 1. The summed E-state index contributed by atoms with van der Waals surface area (Å²) < 4.78 is 14.8. The van der Waals surface area contributed by atoms with Crippen molar-refractivity contribution in [2.45, 2.75) is 31.6 Å². The average molecular weight is 458 g/mol. The second-order valence-corrected chi connectivity index (χ2v) is 8.82.